The number of amides is 1. The van der Waals surface area contributed by atoms with Crippen molar-refractivity contribution in [1.29, 1.82) is 0 Å². The van der Waals surface area contributed by atoms with Gasteiger partial charge in [0.1, 0.15) is 0 Å². The predicted octanol–water partition coefficient (Wildman–Crippen LogP) is 2.18. The molecule has 0 bridgehead atoms. The third-order valence-electron chi connectivity index (χ3n) is 2.59. The SMILES string of the molecule is Cc1nn(C)cc1CNC(=O)C(F)(F)C(F)(F)C(F)(F)F. The molecule has 0 aliphatic heterocycles. The maximum Gasteiger partial charge on any atom is 0.460 e. The number of halogens is 7. The van der Waals surface area contributed by atoms with Gasteiger partial charge in [-0.05, 0) is 6.92 Å². The molecule has 0 aromatic carbocycles. The van der Waals surface area contributed by atoms with Gasteiger partial charge in [-0.15, -0.1) is 0 Å². The maximum atomic E-state index is 13.0. The summed E-state index contributed by atoms with van der Waals surface area (Å²) >= 11 is 0. The van der Waals surface area contributed by atoms with Crippen molar-refractivity contribution in [2.75, 3.05) is 0 Å². The smallest absolute Gasteiger partial charge is 0.346 e. The molecule has 1 amide bonds. The van der Waals surface area contributed by atoms with E-state index in [2.05, 4.69) is 5.10 Å². The molecule has 21 heavy (non-hydrogen) atoms. The number of hydrogen-bond acceptors (Lipinski definition) is 2. The summed E-state index contributed by atoms with van der Waals surface area (Å²) in [5.74, 6) is -15.1. The quantitative estimate of drug-likeness (QED) is 0.864. The largest absolute Gasteiger partial charge is 0.460 e. The number of nitrogens with one attached hydrogen (secondary N) is 1. The fourth-order valence-corrected chi connectivity index (χ4v) is 1.43. The van der Waals surface area contributed by atoms with E-state index >= 15 is 0 Å². The number of nitrogens with zero attached hydrogens (tertiary/aromatic N) is 2. The predicted molar refractivity (Wildman–Crippen MR) is 55.7 cm³/mol. The van der Waals surface area contributed by atoms with E-state index in [1.807, 2.05) is 0 Å². The molecule has 11 heteroatoms. The summed E-state index contributed by atoms with van der Waals surface area (Å²) in [6.45, 7) is 0.798. The van der Waals surface area contributed by atoms with Crippen LogP contribution in [0.2, 0.25) is 0 Å². The molecule has 1 aromatic heterocycles. The highest BCUT2D eigenvalue weighted by molar-refractivity contribution is 5.84. The Morgan fingerprint density at radius 2 is 1.76 bits per heavy atom. The van der Waals surface area contributed by atoms with Gasteiger partial charge in [0.25, 0.3) is 5.91 Å². The molecule has 0 unspecified atom stereocenters. The number of alkyl halides is 7. The highest BCUT2D eigenvalue weighted by atomic mass is 19.4. The van der Waals surface area contributed by atoms with Gasteiger partial charge in [0.05, 0.1) is 5.69 Å². The van der Waals surface area contributed by atoms with Gasteiger partial charge in [-0.25, -0.2) is 0 Å². The van der Waals surface area contributed by atoms with E-state index in [9.17, 15) is 35.5 Å². The molecule has 1 N–H and O–H groups in total. The molecule has 0 fully saturated rings. The van der Waals surface area contributed by atoms with E-state index < -0.39 is 30.5 Å². The van der Waals surface area contributed by atoms with E-state index in [0.717, 1.165) is 0 Å². The van der Waals surface area contributed by atoms with E-state index in [0.29, 0.717) is 5.69 Å². The topological polar surface area (TPSA) is 46.9 Å². The monoisotopic (exact) mass is 321 g/mol. The fourth-order valence-electron chi connectivity index (χ4n) is 1.43. The lowest BCUT2D eigenvalue weighted by Crippen LogP contribution is -2.59. The van der Waals surface area contributed by atoms with Gasteiger partial charge in [-0.1, -0.05) is 0 Å². The van der Waals surface area contributed by atoms with Gasteiger partial charge in [0.2, 0.25) is 0 Å². The van der Waals surface area contributed by atoms with Gasteiger partial charge in [-0.2, -0.15) is 35.8 Å². The lowest BCUT2D eigenvalue weighted by atomic mass is 10.1. The first-order valence-electron chi connectivity index (χ1n) is 5.40. The van der Waals surface area contributed by atoms with Crippen molar-refractivity contribution in [3.8, 4) is 0 Å². The van der Waals surface area contributed by atoms with E-state index in [-0.39, 0.29) is 5.56 Å². The minimum Gasteiger partial charge on any atom is -0.346 e. The number of hydrogen-bond donors (Lipinski definition) is 1. The van der Waals surface area contributed by atoms with Gasteiger partial charge in [0, 0.05) is 25.4 Å². The summed E-state index contributed by atoms with van der Waals surface area (Å²) in [6.07, 6.45) is -5.24. The molecule has 1 heterocycles. The summed E-state index contributed by atoms with van der Waals surface area (Å²) < 4.78 is 88.2. The molecule has 0 saturated heterocycles. The minimum absolute atomic E-state index is 0.206. The maximum absolute atomic E-state index is 13.0. The Hall–Kier alpha value is -1.81. The number of aryl methyl sites for hydroxylation is 2. The molecular weight excluding hydrogens is 311 g/mol. The van der Waals surface area contributed by atoms with Crippen LogP contribution in [0.4, 0.5) is 30.7 Å². The van der Waals surface area contributed by atoms with Gasteiger partial charge in [-0.3, -0.25) is 9.48 Å². The van der Waals surface area contributed by atoms with Crippen molar-refractivity contribution in [1.82, 2.24) is 15.1 Å². The normalized spacial score (nSPS) is 13.4. The van der Waals surface area contributed by atoms with Crippen LogP contribution in [0.25, 0.3) is 0 Å². The number of carbonyl (C=O) groups is 1. The zero-order valence-electron chi connectivity index (χ0n) is 10.7. The van der Waals surface area contributed by atoms with Crippen LogP contribution < -0.4 is 5.32 Å². The van der Waals surface area contributed by atoms with Crippen LogP contribution in [0.3, 0.4) is 0 Å². The zero-order valence-corrected chi connectivity index (χ0v) is 10.7. The molecule has 0 aliphatic carbocycles. The van der Waals surface area contributed by atoms with Crippen molar-refractivity contribution in [2.45, 2.75) is 31.5 Å². The van der Waals surface area contributed by atoms with E-state index in [1.54, 1.807) is 0 Å². The lowest BCUT2D eigenvalue weighted by Gasteiger charge is -2.27. The molecule has 0 aliphatic rings. The number of aromatic nitrogens is 2. The van der Waals surface area contributed by atoms with Crippen molar-refractivity contribution >= 4 is 5.91 Å². The highest BCUT2D eigenvalue weighted by Crippen LogP contribution is 2.46. The van der Waals surface area contributed by atoms with Crippen LogP contribution >= 0.6 is 0 Å². The van der Waals surface area contributed by atoms with E-state index in [4.69, 9.17) is 0 Å². The Morgan fingerprint density at radius 1 is 1.24 bits per heavy atom. The van der Waals surface area contributed by atoms with Gasteiger partial charge in [0.15, 0.2) is 0 Å². The number of carbonyl (C=O) groups excluding carboxylic acids is 1. The summed E-state index contributed by atoms with van der Waals surface area (Å²) in [4.78, 5) is 11.0. The Labute approximate surface area is 113 Å². The Balaban J connectivity index is 2.85. The average Bonchev–Trinajstić information content (AvgIpc) is 2.62. The molecule has 0 atom stereocenters. The van der Waals surface area contributed by atoms with Crippen LogP contribution in [0, 0.1) is 6.92 Å². The van der Waals surface area contributed by atoms with Gasteiger partial charge < -0.3 is 5.32 Å². The van der Waals surface area contributed by atoms with Crippen molar-refractivity contribution in [3.05, 3.63) is 17.5 Å². The van der Waals surface area contributed by atoms with Crippen LogP contribution in [0.5, 0.6) is 0 Å². The minimum atomic E-state index is -6.54. The standard InChI is InChI=1S/C10H10F7N3O/c1-5-6(4-20(2)19-5)3-18-7(21)8(11,12)9(13,14)10(15,16)17/h4H,3H2,1-2H3,(H,18,21). The molecule has 0 radical (unpaired) electrons. The molecule has 1 aromatic rings. The summed E-state index contributed by atoms with van der Waals surface area (Å²) in [5, 5.41) is 5.14. The second kappa shape index (κ2) is 5.19. The third-order valence-corrected chi connectivity index (χ3v) is 2.59. The number of rotatable bonds is 4. The summed E-state index contributed by atoms with van der Waals surface area (Å²) in [6, 6.07) is 0. The molecule has 1 rings (SSSR count). The molecule has 4 nitrogen and oxygen atoms in total. The van der Waals surface area contributed by atoms with E-state index in [1.165, 1.54) is 30.2 Å². The Kier molecular flexibility index (Phi) is 4.26. The Bertz CT molecular complexity index is 535. The third kappa shape index (κ3) is 3.10. The van der Waals surface area contributed by atoms with Crippen LogP contribution in [-0.4, -0.2) is 33.7 Å². The summed E-state index contributed by atoms with van der Waals surface area (Å²) in [5.41, 5.74) is 0.515. The zero-order chi connectivity index (χ0) is 16.6. The van der Waals surface area contributed by atoms with Crippen molar-refractivity contribution < 1.29 is 35.5 Å². The first-order chi connectivity index (χ1) is 9.30. The van der Waals surface area contributed by atoms with Crippen molar-refractivity contribution in [2.24, 2.45) is 7.05 Å². The first-order valence-corrected chi connectivity index (χ1v) is 5.40. The van der Waals surface area contributed by atoms with Gasteiger partial charge >= 0.3 is 18.0 Å². The average molecular weight is 321 g/mol. The Morgan fingerprint density at radius 3 is 2.14 bits per heavy atom. The van der Waals surface area contributed by atoms with Crippen LogP contribution in [-0.2, 0) is 18.4 Å². The van der Waals surface area contributed by atoms with Crippen molar-refractivity contribution in [3.63, 3.8) is 0 Å². The second-order valence-electron chi connectivity index (χ2n) is 4.24. The molecule has 120 valence electrons. The molecular formula is C10H10F7N3O. The first kappa shape index (κ1) is 17.2. The lowest BCUT2D eigenvalue weighted by molar-refractivity contribution is -0.344. The van der Waals surface area contributed by atoms with Crippen LogP contribution in [0.1, 0.15) is 11.3 Å². The molecule has 0 saturated carbocycles. The van der Waals surface area contributed by atoms with Crippen LogP contribution in [0.15, 0.2) is 6.20 Å². The second-order valence-corrected chi connectivity index (χ2v) is 4.24. The highest BCUT2D eigenvalue weighted by Gasteiger charge is 2.76. The fraction of sp³-hybridized carbons (Fsp3) is 0.600. The summed E-state index contributed by atoms with van der Waals surface area (Å²) in [7, 11) is 1.48. The molecule has 0 spiro atoms.